The van der Waals surface area contributed by atoms with Gasteiger partial charge in [-0.3, -0.25) is 14.6 Å². The molecule has 3 N–H and O–H groups in total. The number of rotatable bonds is 5. The van der Waals surface area contributed by atoms with Gasteiger partial charge in [0.25, 0.3) is 11.8 Å². The summed E-state index contributed by atoms with van der Waals surface area (Å²) in [4.78, 5) is 27.7. The van der Waals surface area contributed by atoms with Gasteiger partial charge < -0.3 is 15.8 Å². The van der Waals surface area contributed by atoms with E-state index in [1.165, 1.54) is 11.3 Å². The molecule has 6 nitrogen and oxygen atoms in total. The summed E-state index contributed by atoms with van der Waals surface area (Å²) in [6.45, 7) is -0.237. The van der Waals surface area contributed by atoms with E-state index in [0.29, 0.717) is 21.3 Å². The van der Waals surface area contributed by atoms with Crippen LogP contribution in [0, 0.1) is 3.57 Å². The van der Waals surface area contributed by atoms with E-state index in [4.69, 9.17) is 22.1 Å². The number of anilines is 1. The SMILES string of the molecule is NC(=O)c1ccsc1NC(=O)COc1c(I)cc(Cl)c2cccnc12. The van der Waals surface area contributed by atoms with Crippen molar-refractivity contribution in [2.45, 2.75) is 0 Å². The number of nitrogens with one attached hydrogen (secondary N) is 1. The fourth-order valence-corrected chi connectivity index (χ4v) is 4.16. The summed E-state index contributed by atoms with van der Waals surface area (Å²) >= 11 is 9.51. The first-order valence-electron chi connectivity index (χ1n) is 7.00. The van der Waals surface area contributed by atoms with E-state index in [1.807, 2.05) is 6.07 Å². The molecular weight excluding hydrogens is 477 g/mol. The number of benzene rings is 1. The normalized spacial score (nSPS) is 10.6. The smallest absolute Gasteiger partial charge is 0.262 e. The molecule has 0 radical (unpaired) electrons. The highest BCUT2D eigenvalue weighted by Crippen LogP contribution is 2.34. The van der Waals surface area contributed by atoms with Crippen molar-refractivity contribution in [3.05, 3.63) is 50.0 Å². The molecule has 0 saturated carbocycles. The third kappa shape index (κ3) is 3.86. The second-order valence-electron chi connectivity index (χ2n) is 4.93. The molecule has 25 heavy (non-hydrogen) atoms. The summed E-state index contributed by atoms with van der Waals surface area (Å²) in [5.74, 6) is -0.517. The number of aromatic nitrogens is 1. The Bertz CT molecular complexity index is 976. The Morgan fingerprint density at radius 3 is 2.96 bits per heavy atom. The summed E-state index contributed by atoms with van der Waals surface area (Å²) in [5, 5.41) is 6.01. The van der Waals surface area contributed by atoms with Crippen LogP contribution in [0.25, 0.3) is 10.9 Å². The molecule has 0 saturated heterocycles. The molecule has 0 spiro atoms. The van der Waals surface area contributed by atoms with Crippen LogP contribution in [0.15, 0.2) is 35.8 Å². The highest BCUT2D eigenvalue weighted by atomic mass is 127. The van der Waals surface area contributed by atoms with E-state index >= 15 is 0 Å². The van der Waals surface area contributed by atoms with Gasteiger partial charge in [-0.25, -0.2) is 0 Å². The fraction of sp³-hybridized carbons (Fsp3) is 0.0625. The standard InChI is InChI=1S/C16H11ClIN3O3S/c17-10-6-11(18)14(13-8(10)2-1-4-20-13)24-7-12(22)21-16-9(15(19)23)3-5-25-16/h1-6H,7H2,(H2,19,23)(H,21,22). The summed E-state index contributed by atoms with van der Waals surface area (Å²) in [7, 11) is 0. The molecular formula is C16H11ClIN3O3S. The van der Waals surface area contributed by atoms with Crippen molar-refractivity contribution in [3.8, 4) is 5.75 Å². The number of carbonyl (C=O) groups is 2. The maximum absolute atomic E-state index is 12.1. The Labute approximate surface area is 165 Å². The first-order chi connectivity index (χ1) is 12.0. The van der Waals surface area contributed by atoms with Crippen LogP contribution in [0.5, 0.6) is 5.75 Å². The third-order valence-electron chi connectivity index (χ3n) is 3.28. The Morgan fingerprint density at radius 1 is 1.40 bits per heavy atom. The lowest BCUT2D eigenvalue weighted by atomic mass is 10.2. The zero-order chi connectivity index (χ0) is 18.0. The molecule has 1 aromatic carbocycles. The van der Waals surface area contributed by atoms with Crippen LogP contribution < -0.4 is 15.8 Å². The Balaban J connectivity index is 1.78. The Morgan fingerprint density at radius 2 is 2.20 bits per heavy atom. The van der Waals surface area contributed by atoms with Crippen LogP contribution in [0.4, 0.5) is 5.00 Å². The van der Waals surface area contributed by atoms with Crippen molar-refractivity contribution in [2.75, 3.05) is 11.9 Å². The van der Waals surface area contributed by atoms with Crippen molar-refractivity contribution in [1.82, 2.24) is 4.98 Å². The maximum Gasteiger partial charge on any atom is 0.262 e. The largest absolute Gasteiger partial charge is 0.480 e. The first kappa shape index (κ1) is 17.9. The molecule has 128 valence electrons. The highest BCUT2D eigenvalue weighted by molar-refractivity contribution is 14.1. The number of primary amides is 1. The number of halogens is 2. The Hall–Kier alpha value is -1.91. The third-order valence-corrected chi connectivity index (χ3v) is 5.23. The number of hydrogen-bond acceptors (Lipinski definition) is 5. The zero-order valence-electron chi connectivity index (χ0n) is 12.6. The van der Waals surface area contributed by atoms with E-state index < -0.39 is 11.8 Å². The number of amides is 2. The van der Waals surface area contributed by atoms with Gasteiger partial charge in [-0.2, -0.15) is 0 Å². The molecule has 2 aromatic heterocycles. The van der Waals surface area contributed by atoms with Gasteiger partial charge in [0, 0.05) is 11.6 Å². The lowest BCUT2D eigenvalue weighted by Crippen LogP contribution is -2.22. The van der Waals surface area contributed by atoms with Gasteiger partial charge in [0.2, 0.25) is 0 Å². The van der Waals surface area contributed by atoms with Crippen LogP contribution in [0.2, 0.25) is 5.02 Å². The number of hydrogen-bond donors (Lipinski definition) is 2. The van der Waals surface area contributed by atoms with Gasteiger partial charge in [0.1, 0.15) is 10.5 Å². The highest BCUT2D eigenvalue weighted by Gasteiger charge is 2.16. The molecule has 2 amide bonds. The number of nitrogens with two attached hydrogens (primary N) is 1. The lowest BCUT2D eigenvalue weighted by Gasteiger charge is -2.12. The molecule has 0 aliphatic heterocycles. The van der Waals surface area contributed by atoms with Crippen LogP contribution in [0.1, 0.15) is 10.4 Å². The van der Waals surface area contributed by atoms with Crippen LogP contribution in [-0.4, -0.2) is 23.4 Å². The van der Waals surface area contributed by atoms with Gasteiger partial charge in [-0.15, -0.1) is 11.3 Å². The minimum absolute atomic E-state index is 0.237. The predicted molar refractivity (Wildman–Crippen MR) is 106 cm³/mol. The number of fused-ring (bicyclic) bond motifs is 1. The van der Waals surface area contributed by atoms with Crippen LogP contribution >= 0.6 is 45.5 Å². The van der Waals surface area contributed by atoms with Crippen LogP contribution in [-0.2, 0) is 4.79 Å². The molecule has 0 atom stereocenters. The van der Waals surface area contributed by atoms with Crippen molar-refractivity contribution in [1.29, 1.82) is 0 Å². The maximum atomic E-state index is 12.1. The monoisotopic (exact) mass is 487 g/mol. The van der Waals surface area contributed by atoms with Gasteiger partial charge in [0.15, 0.2) is 12.4 Å². The molecule has 0 unspecified atom stereocenters. The quantitative estimate of drug-likeness (QED) is 0.537. The van der Waals surface area contributed by atoms with E-state index in [-0.39, 0.29) is 12.2 Å². The van der Waals surface area contributed by atoms with Gasteiger partial charge >= 0.3 is 0 Å². The number of nitrogens with zero attached hydrogens (tertiary/aromatic N) is 1. The molecule has 3 aromatic rings. The van der Waals surface area contributed by atoms with Crippen molar-refractivity contribution in [3.63, 3.8) is 0 Å². The number of pyridine rings is 1. The van der Waals surface area contributed by atoms with Crippen molar-refractivity contribution < 1.29 is 14.3 Å². The average molecular weight is 488 g/mol. The molecule has 3 rings (SSSR count). The van der Waals surface area contributed by atoms with Crippen molar-refractivity contribution in [2.24, 2.45) is 5.73 Å². The van der Waals surface area contributed by atoms with E-state index in [1.54, 1.807) is 29.8 Å². The van der Waals surface area contributed by atoms with Crippen molar-refractivity contribution >= 4 is 73.2 Å². The Kier molecular flexibility index (Phi) is 5.40. The summed E-state index contributed by atoms with van der Waals surface area (Å²) < 4.78 is 6.41. The summed E-state index contributed by atoms with van der Waals surface area (Å²) in [6.07, 6.45) is 1.63. The van der Waals surface area contributed by atoms with E-state index in [2.05, 4.69) is 32.9 Å². The van der Waals surface area contributed by atoms with Gasteiger partial charge in [-0.05, 0) is 52.2 Å². The molecule has 0 aliphatic rings. The minimum Gasteiger partial charge on any atom is -0.480 e. The van der Waals surface area contributed by atoms with E-state index in [0.717, 1.165) is 8.96 Å². The van der Waals surface area contributed by atoms with Gasteiger partial charge in [-0.1, -0.05) is 11.6 Å². The zero-order valence-corrected chi connectivity index (χ0v) is 16.3. The minimum atomic E-state index is -0.597. The van der Waals surface area contributed by atoms with Gasteiger partial charge in [0.05, 0.1) is 14.2 Å². The fourth-order valence-electron chi connectivity index (χ4n) is 2.18. The number of carbonyl (C=O) groups excluding carboxylic acids is 2. The predicted octanol–water partition coefficient (Wildman–Crippen LogP) is 3.67. The topological polar surface area (TPSA) is 94.3 Å². The molecule has 0 aliphatic carbocycles. The molecule has 0 bridgehead atoms. The molecule has 9 heteroatoms. The molecule has 2 heterocycles. The summed E-state index contributed by atoms with van der Waals surface area (Å²) in [6, 6.07) is 6.92. The van der Waals surface area contributed by atoms with Crippen LogP contribution in [0.3, 0.4) is 0 Å². The van der Waals surface area contributed by atoms with E-state index in [9.17, 15) is 9.59 Å². The average Bonchev–Trinajstić information content (AvgIpc) is 3.03. The lowest BCUT2D eigenvalue weighted by molar-refractivity contribution is -0.118. The second kappa shape index (κ2) is 7.54. The number of ether oxygens (including phenoxy) is 1. The summed E-state index contributed by atoms with van der Waals surface area (Å²) in [5.41, 5.74) is 6.11. The molecule has 0 fully saturated rings. The first-order valence-corrected chi connectivity index (χ1v) is 9.33. The number of thiophene rings is 1. The second-order valence-corrected chi connectivity index (χ2v) is 7.42.